The molecule has 0 N–H and O–H groups in total. The van der Waals surface area contributed by atoms with Crippen LogP contribution in [0.25, 0.3) is 0 Å². The number of hydrogen-bond acceptors (Lipinski definition) is 4. The molecule has 0 aliphatic carbocycles. The third-order valence-electron chi connectivity index (χ3n) is 2.60. The molecule has 1 aromatic carbocycles. The molecule has 110 valence electrons. The molecule has 2 rings (SSSR count). The summed E-state index contributed by atoms with van der Waals surface area (Å²) in [5.74, 6) is -0.711. The number of aromatic nitrogens is 1. The maximum atomic E-state index is 13.4. The Labute approximate surface area is 134 Å². The van der Waals surface area contributed by atoms with E-state index in [0.29, 0.717) is 21.5 Å². The first-order valence-electron chi connectivity index (χ1n) is 5.82. The molecule has 0 aliphatic heterocycles. The topological polar surface area (TPSA) is 48.4 Å². The molecule has 0 spiro atoms. The minimum atomic E-state index is -0.566. The number of nitrogens with zero attached hydrogens (tertiary/aromatic N) is 1. The van der Waals surface area contributed by atoms with Crippen LogP contribution in [-0.4, -0.2) is 18.1 Å². The Morgan fingerprint density at radius 2 is 2.19 bits per heavy atom. The Balaban J connectivity index is 2.06. The largest absolute Gasteiger partial charge is 0.486 e. The van der Waals surface area contributed by atoms with E-state index in [1.165, 1.54) is 25.4 Å². The fraction of sp³-hybridized carbons (Fsp3) is 0.143. The molecule has 1 heterocycles. The van der Waals surface area contributed by atoms with Crippen LogP contribution in [0.1, 0.15) is 16.1 Å². The number of benzene rings is 1. The van der Waals surface area contributed by atoms with Gasteiger partial charge in [0.1, 0.15) is 18.2 Å². The number of rotatable bonds is 4. The standard InChI is InChI=1S/C14H10BrClFNO3/c1-20-14(19)8-2-3-9(18-6-8)7-21-13-5-12(17)11(16)4-10(13)15/h2-6H,7H2,1H3. The van der Waals surface area contributed by atoms with E-state index < -0.39 is 11.8 Å². The molecule has 1 aromatic heterocycles. The summed E-state index contributed by atoms with van der Waals surface area (Å²) in [6.07, 6.45) is 1.39. The lowest BCUT2D eigenvalue weighted by atomic mass is 10.2. The highest BCUT2D eigenvalue weighted by atomic mass is 79.9. The van der Waals surface area contributed by atoms with E-state index >= 15 is 0 Å². The molecule has 0 atom stereocenters. The number of carbonyl (C=O) groups is 1. The number of methoxy groups -OCH3 is 1. The van der Waals surface area contributed by atoms with Crippen molar-refractivity contribution in [2.45, 2.75) is 6.61 Å². The number of pyridine rings is 1. The van der Waals surface area contributed by atoms with Gasteiger partial charge in [0.15, 0.2) is 0 Å². The molecule has 0 fully saturated rings. The highest BCUT2D eigenvalue weighted by Crippen LogP contribution is 2.30. The van der Waals surface area contributed by atoms with Crippen LogP contribution in [0.4, 0.5) is 4.39 Å². The van der Waals surface area contributed by atoms with Crippen LogP contribution in [0.2, 0.25) is 5.02 Å². The van der Waals surface area contributed by atoms with Gasteiger partial charge in [-0.25, -0.2) is 9.18 Å². The number of hydrogen-bond donors (Lipinski definition) is 0. The molecule has 0 radical (unpaired) electrons. The predicted octanol–water partition coefficient (Wildman–Crippen LogP) is 4.00. The van der Waals surface area contributed by atoms with Crippen molar-refractivity contribution in [3.05, 3.63) is 57.0 Å². The number of carbonyl (C=O) groups excluding carboxylic acids is 1. The van der Waals surface area contributed by atoms with Gasteiger partial charge in [-0.15, -0.1) is 0 Å². The zero-order valence-electron chi connectivity index (χ0n) is 10.9. The lowest BCUT2D eigenvalue weighted by Crippen LogP contribution is -2.04. The first kappa shape index (κ1) is 15.7. The van der Waals surface area contributed by atoms with Gasteiger partial charge in [-0.05, 0) is 34.1 Å². The molecule has 0 unspecified atom stereocenters. The van der Waals surface area contributed by atoms with E-state index in [2.05, 4.69) is 25.7 Å². The first-order valence-corrected chi connectivity index (χ1v) is 6.99. The summed E-state index contributed by atoms with van der Waals surface area (Å²) in [6, 6.07) is 5.82. The number of ether oxygens (including phenoxy) is 2. The van der Waals surface area contributed by atoms with Gasteiger partial charge >= 0.3 is 5.97 Å². The second-order valence-electron chi connectivity index (χ2n) is 4.02. The second kappa shape index (κ2) is 6.87. The van der Waals surface area contributed by atoms with Gasteiger partial charge in [-0.3, -0.25) is 4.98 Å². The number of esters is 1. The lowest BCUT2D eigenvalue weighted by molar-refractivity contribution is 0.0600. The molecular formula is C14H10BrClFNO3. The smallest absolute Gasteiger partial charge is 0.339 e. The van der Waals surface area contributed by atoms with Crippen LogP contribution in [0.3, 0.4) is 0 Å². The summed E-state index contributed by atoms with van der Waals surface area (Å²) in [6.45, 7) is 0.126. The zero-order chi connectivity index (χ0) is 15.4. The summed E-state index contributed by atoms with van der Waals surface area (Å²) in [5, 5.41) is 0.00906. The van der Waals surface area contributed by atoms with E-state index in [-0.39, 0.29) is 11.6 Å². The third kappa shape index (κ3) is 3.92. The maximum absolute atomic E-state index is 13.4. The molecule has 4 nitrogen and oxygen atoms in total. The molecule has 0 bridgehead atoms. The average molecular weight is 375 g/mol. The van der Waals surface area contributed by atoms with Crippen molar-refractivity contribution in [2.24, 2.45) is 0 Å². The van der Waals surface area contributed by atoms with Gasteiger partial charge in [0, 0.05) is 12.3 Å². The van der Waals surface area contributed by atoms with Crippen LogP contribution in [0.5, 0.6) is 5.75 Å². The Morgan fingerprint density at radius 3 is 2.81 bits per heavy atom. The van der Waals surface area contributed by atoms with Crippen molar-refractivity contribution in [2.75, 3.05) is 7.11 Å². The van der Waals surface area contributed by atoms with Crippen molar-refractivity contribution < 1.29 is 18.7 Å². The first-order chi connectivity index (χ1) is 10.0. The highest BCUT2D eigenvalue weighted by Gasteiger charge is 2.09. The van der Waals surface area contributed by atoms with Crippen LogP contribution in [0.15, 0.2) is 34.9 Å². The summed E-state index contributed by atoms with van der Waals surface area (Å²) < 4.78 is 23.9. The number of halogens is 3. The third-order valence-corrected chi connectivity index (χ3v) is 3.51. The van der Waals surface area contributed by atoms with Crippen molar-refractivity contribution in [1.29, 1.82) is 0 Å². The van der Waals surface area contributed by atoms with Gasteiger partial charge < -0.3 is 9.47 Å². The van der Waals surface area contributed by atoms with E-state index in [1.54, 1.807) is 12.1 Å². The Hall–Kier alpha value is -1.66. The molecule has 0 amide bonds. The van der Waals surface area contributed by atoms with Crippen molar-refractivity contribution in [3.8, 4) is 5.75 Å². The summed E-state index contributed by atoms with van der Waals surface area (Å²) >= 11 is 8.88. The second-order valence-corrected chi connectivity index (χ2v) is 5.28. The fourth-order valence-corrected chi connectivity index (χ4v) is 2.27. The summed E-state index contributed by atoms with van der Waals surface area (Å²) in [4.78, 5) is 15.3. The average Bonchev–Trinajstić information content (AvgIpc) is 2.49. The minimum Gasteiger partial charge on any atom is -0.486 e. The van der Waals surface area contributed by atoms with Gasteiger partial charge in [0.05, 0.1) is 27.9 Å². The monoisotopic (exact) mass is 373 g/mol. The molecule has 0 saturated carbocycles. The zero-order valence-corrected chi connectivity index (χ0v) is 13.2. The molecule has 7 heteroatoms. The Bertz CT molecular complexity index is 664. The van der Waals surface area contributed by atoms with E-state index in [4.69, 9.17) is 16.3 Å². The van der Waals surface area contributed by atoms with E-state index in [0.717, 1.165) is 0 Å². The Kier molecular flexibility index (Phi) is 5.14. The van der Waals surface area contributed by atoms with E-state index in [9.17, 15) is 9.18 Å². The van der Waals surface area contributed by atoms with Gasteiger partial charge in [-0.2, -0.15) is 0 Å². The fourth-order valence-electron chi connectivity index (χ4n) is 1.52. The van der Waals surface area contributed by atoms with Crippen LogP contribution < -0.4 is 4.74 Å². The van der Waals surface area contributed by atoms with Crippen molar-refractivity contribution in [3.63, 3.8) is 0 Å². The van der Waals surface area contributed by atoms with Crippen LogP contribution in [-0.2, 0) is 11.3 Å². The SMILES string of the molecule is COC(=O)c1ccc(COc2cc(F)c(Cl)cc2Br)nc1. The van der Waals surface area contributed by atoms with Crippen LogP contribution in [0, 0.1) is 5.82 Å². The quantitative estimate of drug-likeness (QED) is 0.599. The van der Waals surface area contributed by atoms with Gasteiger partial charge in [0.2, 0.25) is 0 Å². The highest BCUT2D eigenvalue weighted by molar-refractivity contribution is 9.10. The molecular weight excluding hydrogens is 365 g/mol. The summed E-state index contributed by atoms with van der Waals surface area (Å²) in [5.41, 5.74) is 0.935. The Morgan fingerprint density at radius 1 is 1.43 bits per heavy atom. The van der Waals surface area contributed by atoms with Crippen LogP contribution >= 0.6 is 27.5 Å². The maximum Gasteiger partial charge on any atom is 0.339 e. The normalized spacial score (nSPS) is 10.3. The molecule has 2 aromatic rings. The minimum absolute atomic E-state index is 0.00906. The van der Waals surface area contributed by atoms with E-state index in [1.807, 2.05) is 0 Å². The van der Waals surface area contributed by atoms with Crippen molar-refractivity contribution >= 4 is 33.5 Å². The predicted molar refractivity (Wildman–Crippen MR) is 79.0 cm³/mol. The molecule has 0 aliphatic rings. The molecule has 21 heavy (non-hydrogen) atoms. The summed E-state index contributed by atoms with van der Waals surface area (Å²) in [7, 11) is 1.30. The lowest BCUT2D eigenvalue weighted by Gasteiger charge is -2.09. The van der Waals surface area contributed by atoms with Crippen molar-refractivity contribution in [1.82, 2.24) is 4.98 Å². The molecule has 0 saturated heterocycles. The van der Waals surface area contributed by atoms with Gasteiger partial charge in [-0.1, -0.05) is 11.6 Å². The van der Waals surface area contributed by atoms with Gasteiger partial charge in [0.25, 0.3) is 0 Å².